The summed E-state index contributed by atoms with van der Waals surface area (Å²) in [5.41, 5.74) is -0.528. The standard InChI is InChI=1S/C20H26N2O6/c1-20(2,3)19(24)27-12-22-11-21-15-9-14(25-4)10-16(17(15)18(22)23)28-13-5-7-26-8-6-13/h9-11,13H,5-8,12H2,1-4H3. The minimum Gasteiger partial charge on any atom is -0.497 e. The molecule has 8 nitrogen and oxygen atoms in total. The SMILES string of the molecule is COc1cc(OC2CCOCC2)c2c(=O)n(COC(=O)C(C)(C)C)cnc2c1. The second-order valence-electron chi connectivity index (χ2n) is 7.78. The molecule has 1 aliphatic heterocycles. The van der Waals surface area contributed by atoms with Gasteiger partial charge in [0.05, 0.1) is 31.3 Å². The first-order chi connectivity index (χ1) is 13.3. The van der Waals surface area contributed by atoms with E-state index in [4.69, 9.17) is 18.9 Å². The predicted octanol–water partition coefficient (Wildman–Crippen LogP) is 2.51. The molecule has 1 aromatic heterocycles. The van der Waals surface area contributed by atoms with Crippen LogP contribution in [0.4, 0.5) is 0 Å². The molecule has 0 atom stereocenters. The van der Waals surface area contributed by atoms with Gasteiger partial charge in [0, 0.05) is 25.0 Å². The molecule has 2 heterocycles. The van der Waals surface area contributed by atoms with Crippen molar-refractivity contribution in [3.8, 4) is 11.5 Å². The summed E-state index contributed by atoms with van der Waals surface area (Å²) in [5, 5.41) is 0.335. The van der Waals surface area contributed by atoms with Gasteiger partial charge in [0.25, 0.3) is 5.56 Å². The van der Waals surface area contributed by atoms with Crippen LogP contribution in [0.2, 0.25) is 0 Å². The monoisotopic (exact) mass is 390 g/mol. The Labute approximate surface area is 163 Å². The molecule has 0 aliphatic carbocycles. The Morgan fingerprint density at radius 1 is 1.29 bits per heavy atom. The van der Waals surface area contributed by atoms with E-state index in [9.17, 15) is 9.59 Å². The number of esters is 1. The molecule has 0 N–H and O–H groups in total. The van der Waals surface area contributed by atoms with Crippen LogP contribution in [0.3, 0.4) is 0 Å². The fourth-order valence-corrected chi connectivity index (χ4v) is 2.84. The van der Waals surface area contributed by atoms with Crippen molar-refractivity contribution in [2.45, 2.75) is 46.4 Å². The molecule has 0 unspecified atom stereocenters. The number of fused-ring (bicyclic) bond motifs is 1. The van der Waals surface area contributed by atoms with Gasteiger partial charge in [-0.1, -0.05) is 0 Å². The molecular weight excluding hydrogens is 364 g/mol. The smallest absolute Gasteiger partial charge is 0.312 e. The van der Waals surface area contributed by atoms with E-state index in [-0.39, 0.29) is 18.4 Å². The van der Waals surface area contributed by atoms with E-state index in [0.717, 1.165) is 12.8 Å². The maximum atomic E-state index is 13.0. The fourth-order valence-electron chi connectivity index (χ4n) is 2.84. The number of ether oxygens (including phenoxy) is 4. The topological polar surface area (TPSA) is 88.9 Å². The zero-order chi connectivity index (χ0) is 20.3. The van der Waals surface area contributed by atoms with Crippen molar-refractivity contribution in [3.05, 3.63) is 28.8 Å². The van der Waals surface area contributed by atoms with E-state index in [0.29, 0.717) is 35.6 Å². The maximum absolute atomic E-state index is 13.0. The molecule has 1 aliphatic rings. The highest BCUT2D eigenvalue weighted by molar-refractivity contribution is 5.85. The normalized spacial score (nSPS) is 15.4. The Bertz CT molecular complexity index is 909. The third-order valence-corrected chi connectivity index (χ3v) is 4.51. The van der Waals surface area contributed by atoms with E-state index < -0.39 is 11.4 Å². The van der Waals surface area contributed by atoms with E-state index in [2.05, 4.69) is 4.98 Å². The first-order valence-electron chi connectivity index (χ1n) is 9.28. The maximum Gasteiger partial charge on any atom is 0.312 e. The number of aromatic nitrogens is 2. The van der Waals surface area contributed by atoms with Gasteiger partial charge in [0.2, 0.25) is 0 Å². The average Bonchev–Trinajstić information content (AvgIpc) is 2.66. The van der Waals surface area contributed by atoms with Crippen molar-refractivity contribution in [1.82, 2.24) is 9.55 Å². The number of hydrogen-bond donors (Lipinski definition) is 0. The van der Waals surface area contributed by atoms with E-state index in [1.807, 2.05) is 0 Å². The third-order valence-electron chi connectivity index (χ3n) is 4.51. The van der Waals surface area contributed by atoms with Crippen molar-refractivity contribution < 1.29 is 23.7 Å². The Kier molecular flexibility index (Phi) is 5.88. The second-order valence-corrected chi connectivity index (χ2v) is 7.78. The summed E-state index contributed by atoms with van der Waals surface area (Å²) in [7, 11) is 1.55. The highest BCUT2D eigenvalue weighted by atomic mass is 16.5. The lowest BCUT2D eigenvalue weighted by atomic mass is 9.98. The number of nitrogens with zero attached hydrogens (tertiary/aromatic N) is 2. The van der Waals surface area contributed by atoms with Crippen LogP contribution in [0.15, 0.2) is 23.3 Å². The van der Waals surface area contributed by atoms with Gasteiger partial charge in [-0.15, -0.1) is 0 Å². The van der Waals surface area contributed by atoms with Crippen LogP contribution < -0.4 is 15.0 Å². The van der Waals surface area contributed by atoms with Gasteiger partial charge >= 0.3 is 5.97 Å². The van der Waals surface area contributed by atoms with Crippen LogP contribution in [0, 0.1) is 5.41 Å². The lowest BCUT2D eigenvalue weighted by molar-refractivity contribution is -0.157. The molecule has 0 spiro atoms. The summed E-state index contributed by atoms with van der Waals surface area (Å²) in [5.74, 6) is 0.571. The Balaban J connectivity index is 1.95. The van der Waals surface area contributed by atoms with Crippen LogP contribution in [0.5, 0.6) is 11.5 Å². The van der Waals surface area contributed by atoms with Gasteiger partial charge in [-0.2, -0.15) is 0 Å². The zero-order valence-electron chi connectivity index (χ0n) is 16.7. The van der Waals surface area contributed by atoms with Crippen molar-refractivity contribution >= 4 is 16.9 Å². The van der Waals surface area contributed by atoms with Crippen molar-refractivity contribution in [1.29, 1.82) is 0 Å². The predicted molar refractivity (Wildman–Crippen MR) is 103 cm³/mol. The fraction of sp³-hybridized carbons (Fsp3) is 0.550. The van der Waals surface area contributed by atoms with Crippen LogP contribution in [0.25, 0.3) is 10.9 Å². The van der Waals surface area contributed by atoms with Gasteiger partial charge in [0.15, 0.2) is 6.73 Å². The molecule has 0 bridgehead atoms. The van der Waals surface area contributed by atoms with Crippen molar-refractivity contribution in [2.24, 2.45) is 5.41 Å². The lowest BCUT2D eigenvalue weighted by Crippen LogP contribution is -2.29. The van der Waals surface area contributed by atoms with Crippen LogP contribution >= 0.6 is 0 Å². The molecule has 3 rings (SSSR count). The Hall–Kier alpha value is -2.61. The summed E-state index contributed by atoms with van der Waals surface area (Å²) >= 11 is 0. The number of methoxy groups -OCH3 is 1. The molecule has 152 valence electrons. The number of carbonyl (C=O) groups is 1. The minimum atomic E-state index is -0.654. The number of benzene rings is 1. The summed E-state index contributed by atoms with van der Waals surface area (Å²) in [6, 6.07) is 3.37. The van der Waals surface area contributed by atoms with Crippen LogP contribution in [-0.4, -0.2) is 41.9 Å². The van der Waals surface area contributed by atoms with Gasteiger partial charge in [0.1, 0.15) is 29.3 Å². The van der Waals surface area contributed by atoms with Gasteiger partial charge in [-0.25, -0.2) is 4.98 Å². The number of hydrogen-bond acceptors (Lipinski definition) is 7. The summed E-state index contributed by atoms with van der Waals surface area (Å²) < 4.78 is 23.3. The second kappa shape index (κ2) is 8.18. The highest BCUT2D eigenvalue weighted by Crippen LogP contribution is 2.30. The number of carbonyl (C=O) groups excluding carboxylic acids is 1. The van der Waals surface area contributed by atoms with E-state index in [1.165, 1.54) is 10.9 Å². The molecule has 0 saturated carbocycles. The third kappa shape index (κ3) is 4.44. The molecule has 1 aromatic carbocycles. The van der Waals surface area contributed by atoms with Gasteiger partial charge < -0.3 is 18.9 Å². The first-order valence-corrected chi connectivity index (χ1v) is 9.28. The summed E-state index contributed by atoms with van der Waals surface area (Å²) in [4.78, 5) is 29.4. The Morgan fingerprint density at radius 3 is 2.64 bits per heavy atom. The van der Waals surface area contributed by atoms with Crippen molar-refractivity contribution in [3.63, 3.8) is 0 Å². The molecule has 0 radical (unpaired) electrons. The Morgan fingerprint density at radius 2 is 2.00 bits per heavy atom. The lowest BCUT2D eigenvalue weighted by Gasteiger charge is -2.24. The zero-order valence-corrected chi connectivity index (χ0v) is 16.7. The largest absolute Gasteiger partial charge is 0.497 e. The molecule has 1 fully saturated rings. The molecule has 2 aromatic rings. The quantitative estimate of drug-likeness (QED) is 0.725. The van der Waals surface area contributed by atoms with E-state index >= 15 is 0 Å². The average molecular weight is 390 g/mol. The van der Waals surface area contributed by atoms with E-state index in [1.54, 1.807) is 40.0 Å². The molecular formula is C20H26N2O6. The van der Waals surface area contributed by atoms with Crippen LogP contribution in [0.1, 0.15) is 33.6 Å². The van der Waals surface area contributed by atoms with Gasteiger partial charge in [-0.05, 0) is 20.8 Å². The van der Waals surface area contributed by atoms with Crippen LogP contribution in [-0.2, 0) is 21.0 Å². The summed E-state index contributed by atoms with van der Waals surface area (Å²) in [6.45, 7) is 6.30. The highest BCUT2D eigenvalue weighted by Gasteiger charge is 2.24. The molecule has 8 heteroatoms. The van der Waals surface area contributed by atoms with Gasteiger partial charge in [-0.3, -0.25) is 14.2 Å². The van der Waals surface area contributed by atoms with Crippen molar-refractivity contribution in [2.75, 3.05) is 20.3 Å². The molecule has 0 amide bonds. The number of rotatable bonds is 5. The molecule has 28 heavy (non-hydrogen) atoms. The minimum absolute atomic E-state index is 0.0455. The summed E-state index contributed by atoms with van der Waals surface area (Å²) in [6.07, 6.45) is 2.81. The first kappa shape index (κ1) is 20.1. The molecule has 1 saturated heterocycles.